The van der Waals surface area contributed by atoms with Crippen molar-refractivity contribution in [2.24, 2.45) is 0 Å². The first-order valence-corrected chi connectivity index (χ1v) is 6.94. The molecule has 0 amide bonds. The molecule has 8 heteroatoms. The highest BCUT2D eigenvalue weighted by atomic mass is 32.2. The topological polar surface area (TPSA) is 84.6 Å². The lowest BCUT2D eigenvalue weighted by Gasteiger charge is -2.05. The minimum Gasteiger partial charge on any atom is -0.475 e. The number of carboxylic acid groups (broad SMARTS) is 1. The summed E-state index contributed by atoms with van der Waals surface area (Å²) < 4.78 is 55.1. The summed E-state index contributed by atoms with van der Waals surface area (Å²) >= 11 is 0. The highest BCUT2D eigenvalue weighted by Gasteiger charge is 2.25. The smallest absolute Gasteiger partial charge is 0.372 e. The number of furan rings is 1. The van der Waals surface area contributed by atoms with Gasteiger partial charge in [-0.25, -0.2) is 22.0 Å². The standard InChI is InChI=1S/C12H8F2O5S/c13-8-1-2-9(14)10(5-8)20(17,18)6-7-3-4-19-11(7)12(15)16/h1-5H,6H2,(H,15,16). The molecule has 0 saturated heterocycles. The van der Waals surface area contributed by atoms with Crippen molar-refractivity contribution in [3.05, 3.63) is 53.5 Å². The molecule has 0 aliphatic carbocycles. The van der Waals surface area contributed by atoms with Gasteiger partial charge < -0.3 is 9.52 Å². The summed E-state index contributed by atoms with van der Waals surface area (Å²) in [6, 6.07) is 3.17. The Morgan fingerprint density at radius 2 is 1.95 bits per heavy atom. The highest BCUT2D eigenvalue weighted by Crippen LogP contribution is 2.23. The van der Waals surface area contributed by atoms with Crippen LogP contribution >= 0.6 is 0 Å². The fraction of sp³-hybridized carbons (Fsp3) is 0.0833. The van der Waals surface area contributed by atoms with Crippen LogP contribution in [0.1, 0.15) is 16.1 Å². The molecule has 20 heavy (non-hydrogen) atoms. The van der Waals surface area contributed by atoms with E-state index in [1.807, 2.05) is 0 Å². The van der Waals surface area contributed by atoms with E-state index in [1.165, 1.54) is 0 Å². The lowest BCUT2D eigenvalue weighted by molar-refractivity contribution is 0.0661. The molecule has 0 fully saturated rings. The van der Waals surface area contributed by atoms with Gasteiger partial charge in [0, 0.05) is 5.56 Å². The van der Waals surface area contributed by atoms with Crippen LogP contribution in [0.15, 0.2) is 39.8 Å². The van der Waals surface area contributed by atoms with E-state index in [0.29, 0.717) is 12.1 Å². The molecule has 2 rings (SSSR count). The van der Waals surface area contributed by atoms with Crippen LogP contribution in [0.3, 0.4) is 0 Å². The predicted molar refractivity (Wildman–Crippen MR) is 62.9 cm³/mol. The Balaban J connectivity index is 2.44. The molecule has 0 saturated carbocycles. The highest BCUT2D eigenvalue weighted by molar-refractivity contribution is 7.90. The van der Waals surface area contributed by atoms with Gasteiger partial charge in [-0.3, -0.25) is 0 Å². The van der Waals surface area contributed by atoms with E-state index in [2.05, 4.69) is 4.42 Å². The fourth-order valence-electron chi connectivity index (χ4n) is 1.63. The van der Waals surface area contributed by atoms with Gasteiger partial charge in [0.1, 0.15) is 16.5 Å². The van der Waals surface area contributed by atoms with E-state index >= 15 is 0 Å². The summed E-state index contributed by atoms with van der Waals surface area (Å²) in [6.45, 7) is 0. The number of benzene rings is 1. The number of sulfone groups is 1. The van der Waals surface area contributed by atoms with E-state index in [-0.39, 0.29) is 5.56 Å². The van der Waals surface area contributed by atoms with E-state index < -0.39 is 43.8 Å². The molecule has 0 atom stereocenters. The molecule has 1 aromatic carbocycles. The van der Waals surface area contributed by atoms with Crippen molar-refractivity contribution in [1.82, 2.24) is 0 Å². The second kappa shape index (κ2) is 5.04. The summed E-state index contributed by atoms with van der Waals surface area (Å²) in [4.78, 5) is 9.98. The van der Waals surface area contributed by atoms with Gasteiger partial charge in [-0.1, -0.05) is 0 Å². The maximum atomic E-state index is 13.5. The van der Waals surface area contributed by atoms with Crippen LogP contribution in [-0.2, 0) is 15.6 Å². The van der Waals surface area contributed by atoms with Crippen LogP contribution < -0.4 is 0 Å². The van der Waals surface area contributed by atoms with Crippen LogP contribution in [-0.4, -0.2) is 19.5 Å². The summed E-state index contributed by atoms with van der Waals surface area (Å²) in [5.74, 6) is -4.81. The third kappa shape index (κ3) is 2.69. The van der Waals surface area contributed by atoms with Gasteiger partial charge in [0.25, 0.3) is 0 Å². The average molecular weight is 302 g/mol. The van der Waals surface area contributed by atoms with Gasteiger partial charge in [-0.2, -0.15) is 0 Å². The Labute approximate surface area is 112 Å². The van der Waals surface area contributed by atoms with Crippen molar-refractivity contribution in [1.29, 1.82) is 0 Å². The van der Waals surface area contributed by atoms with E-state index in [4.69, 9.17) is 5.11 Å². The van der Waals surface area contributed by atoms with Crippen molar-refractivity contribution in [3.63, 3.8) is 0 Å². The quantitative estimate of drug-likeness (QED) is 0.936. The van der Waals surface area contributed by atoms with Gasteiger partial charge in [0.05, 0.1) is 12.0 Å². The van der Waals surface area contributed by atoms with Crippen molar-refractivity contribution in [2.75, 3.05) is 0 Å². The van der Waals surface area contributed by atoms with Crippen molar-refractivity contribution < 1.29 is 31.5 Å². The number of rotatable bonds is 4. The lowest BCUT2D eigenvalue weighted by atomic mass is 10.3. The molecule has 2 aromatic rings. The third-order valence-corrected chi connectivity index (χ3v) is 4.19. The number of halogens is 2. The SMILES string of the molecule is O=C(O)c1occc1CS(=O)(=O)c1cc(F)ccc1F. The second-order valence-electron chi connectivity index (χ2n) is 3.91. The molecule has 0 radical (unpaired) electrons. The summed E-state index contributed by atoms with van der Waals surface area (Å²) in [5, 5.41) is 8.80. The van der Waals surface area contributed by atoms with Crippen LogP contribution in [0.25, 0.3) is 0 Å². The largest absolute Gasteiger partial charge is 0.475 e. The summed E-state index contributed by atoms with van der Waals surface area (Å²) in [6.07, 6.45) is 1.01. The number of carboxylic acids is 1. The molecule has 0 spiro atoms. The van der Waals surface area contributed by atoms with Crippen molar-refractivity contribution in [2.45, 2.75) is 10.6 Å². The lowest BCUT2D eigenvalue weighted by Crippen LogP contribution is -2.10. The average Bonchev–Trinajstić information content (AvgIpc) is 2.79. The predicted octanol–water partition coefficient (Wildman–Crippen LogP) is 2.23. The molecule has 1 N–H and O–H groups in total. The van der Waals surface area contributed by atoms with Crippen molar-refractivity contribution in [3.8, 4) is 0 Å². The maximum absolute atomic E-state index is 13.5. The third-order valence-electron chi connectivity index (χ3n) is 2.51. The van der Waals surface area contributed by atoms with Crippen LogP contribution in [0.5, 0.6) is 0 Å². The monoisotopic (exact) mass is 302 g/mol. The molecular formula is C12H8F2O5S. The normalized spacial score (nSPS) is 11.5. The van der Waals surface area contributed by atoms with Gasteiger partial charge in [0.15, 0.2) is 9.84 Å². The van der Waals surface area contributed by atoms with Gasteiger partial charge in [-0.15, -0.1) is 0 Å². The summed E-state index contributed by atoms with van der Waals surface area (Å²) in [7, 11) is -4.23. The minimum absolute atomic E-state index is 0.138. The summed E-state index contributed by atoms with van der Waals surface area (Å²) in [5.41, 5.74) is -0.138. The van der Waals surface area contributed by atoms with Crippen LogP contribution in [0.4, 0.5) is 8.78 Å². The molecule has 0 bridgehead atoms. The molecule has 0 unspecified atom stereocenters. The molecule has 0 aliphatic rings. The second-order valence-corrected chi connectivity index (χ2v) is 5.87. The first kappa shape index (κ1) is 14.2. The first-order chi connectivity index (χ1) is 9.31. The minimum atomic E-state index is -4.23. The zero-order valence-corrected chi connectivity index (χ0v) is 10.7. The van der Waals surface area contributed by atoms with Gasteiger partial charge in [0.2, 0.25) is 5.76 Å². The van der Waals surface area contributed by atoms with Gasteiger partial charge >= 0.3 is 5.97 Å². The Hall–Kier alpha value is -2.22. The molecule has 1 aromatic heterocycles. The molecule has 1 heterocycles. The molecular weight excluding hydrogens is 294 g/mol. The van der Waals surface area contributed by atoms with Crippen molar-refractivity contribution >= 4 is 15.8 Å². The van der Waals surface area contributed by atoms with E-state index in [0.717, 1.165) is 18.4 Å². The first-order valence-electron chi connectivity index (χ1n) is 5.29. The Morgan fingerprint density at radius 3 is 2.60 bits per heavy atom. The molecule has 0 aliphatic heterocycles. The maximum Gasteiger partial charge on any atom is 0.372 e. The van der Waals surface area contributed by atoms with E-state index in [1.54, 1.807) is 0 Å². The molecule has 5 nitrogen and oxygen atoms in total. The number of carbonyl (C=O) groups is 1. The number of aromatic carboxylic acids is 1. The zero-order valence-electron chi connectivity index (χ0n) is 9.84. The fourth-order valence-corrected chi connectivity index (χ4v) is 3.08. The van der Waals surface area contributed by atoms with Crippen LogP contribution in [0.2, 0.25) is 0 Å². The Kier molecular flexibility index (Phi) is 3.58. The van der Waals surface area contributed by atoms with Crippen LogP contribution in [0, 0.1) is 11.6 Å². The van der Waals surface area contributed by atoms with E-state index in [9.17, 15) is 22.0 Å². The number of hydrogen-bond acceptors (Lipinski definition) is 4. The van der Waals surface area contributed by atoms with Gasteiger partial charge in [-0.05, 0) is 24.3 Å². The number of hydrogen-bond donors (Lipinski definition) is 1. The molecule has 106 valence electrons. The zero-order chi connectivity index (χ0) is 14.9. The Bertz CT molecular complexity index is 764. The Morgan fingerprint density at radius 1 is 1.25 bits per heavy atom.